The van der Waals surface area contributed by atoms with Gasteiger partial charge in [0.25, 0.3) is 0 Å². The van der Waals surface area contributed by atoms with Crippen LogP contribution in [0.1, 0.15) is 84.1 Å². The van der Waals surface area contributed by atoms with Gasteiger partial charge in [0.1, 0.15) is 0 Å². The minimum atomic E-state index is -5.35. The van der Waals surface area contributed by atoms with E-state index in [1.54, 1.807) is 12.1 Å². The highest BCUT2D eigenvalue weighted by Crippen LogP contribution is 2.35. The van der Waals surface area contributed by atoms with Crippen LogP contribution in [-0.2, 0) is 29.4 Å². The van der Waals surface area contributed by atoms with Gasteiger partial charge in [-0.25, -0.2) is 8.42 Å². The zero-order valence-electron chi connectivity index (χ0n) is 40.0. The topological polar surface area (TPSA) is 169 Å². The molecule has 0 bridgehead atoms. The predicted molar refractivity (Wildman–Crippen MR) is 287 cm³/mol. The molecule has 19 heteroatoms. The lowest BCUT2D eigenvalue weighted by Gasteiger charge is -2.33. The summed E-state index contributed by atoms with van der Waals surface area (Å²) in [6, 6.07) is 25.1. The maximum absolute atomic E-state index is 12.0. The van der Waals surface area contributed by atoms with Crippen LogP contribution in [0.4, 0.5) is 47.3 Å². The van der Waals surface area contributed by atoms with E-state index in [9.17, 15) is 30.0 Å². The van der Waals surface area contributed by atoms with Gasteiger partial charge in [0.2, 0.25) is 10.0 Å². The maximum Gasteiger partial charge on any atom is 0.516 e. The van der Waals surface area contributed by atoms with Crippen LogP contribution < -0.4 is 36.2 Å². The Morgan fingerprint density at radius 3 is 1.51 bits per heavy atom. The molecule has 6 N–H and O–H groups in total. The SMILES string of the molecule is C.C.CC(C)CN(CC(C)C)c1ccc(-c2ccccc2NS(C)(=O)=O)cc1N.CC(C)CN(CC(C)C)c1ccc(B2OCC(C)(C)CO2)cc1N.O=S(=O)(Nc1ccccc1Br)C(F)(F)F. The lowest BCUT2D eigenvalue weighted by molar-refractivity contribution is -0.0429. The van der Waals surface area contributed by atoms with Crippen LogP contribution in [0.5, 0.6) is 0 Å². The van der Waals surface area contributed by atoms with Crippen molar-refractivity contribution in [3.8, 4) is 11.1 Å². The van der Waals surface area contributed by atoms with Crippen molar-refractivity contribution in [3.05, 3.63) is 89.4 Å². The molecule has 1 saturated heterocycles. The first-order valence-electron chi connectivity index (χ1n) is 21.9. The third-order valence-corrected chi connectivity index (χ3v) is 12.0. The number of alkyl halides is 3. The molecule has 0 radical (unpaired) electrons. The van der Waals surface area contributed by atoms with Crippen LogP contribution in [0.15, 0.2) is 89.4 Å². The van der Waals surface area contributed by atoms with E-state index in [1.807, 2.05) is 42.5 Å². The van der Waals surface area contributed by atoms with Crippen LogP contribution in [0.2, 0.25) is 0 Å². The van der Waals surface area contributed by atoms with E-state index < -0.39 is 25.6 Å². The van der Waals surface area contributed by atoms with Gasteiger partial charge in [-0.3, -0.25) is 9.44 Å². The molecule has 382 valence electrons. The lowest BCUT2D eigenvalue weighted by atomic mass is 9.75. The van der Waals surface area contributed by atoms with Crippen LogP contribution in [0.25, 0.3) is 11.1 Å². The molecule has 1 fully saturated rings. The fourth-order valence-electron chi connectivity index (χ4n) is 6.98. The summed E-state index contributed by atoms with van der Waals surface area (Å²) in [7, 11) is -9.02. The summed E-state index contributed by atoms with van der Waals surface area (Å²) in [5.74, 6) is 2.25. The van der Waals surface area contributed by atoms with Crippen LogP contribution in [0.3, 0.4) is 0 Å². The van der Waals surface area contributed by atoms with Crippen molar-refractivity contribution >= 4 is 82.7 Å². The number of nitrogens with zero attached hydrogens (tertiary/aromatic N) is 2. The minimum Gasteiger partial charge on any atom is -0.407 e. The van der Waals surface area contributed by atoms with Gasteiger partial charge < -0.3 is 30.6 Å². The molecule has 0 aromatic heterocycles. The Morgan fingerprint density at radius 2 is 1.10 bits per heavy atom. The number of rotatable bonds is 16. The third-order valence-electron chi connectivity index (χ3n) is 9.58. The quantitative estimate of drug-likeness (QED) is 0.0626. The van der Waals surface area contributed by atoms with E-state index in [0.29, 0.717) is 48.3 Å². The summed E-state index contributed by atoms with van der Waals surface area (Å²) in [6.07, 6.45) is 1.15. The molecule has 5 rings (SSSR count). The fourth-order valence-corrected chi connectivity index (χ4v) is 8.65. The van der Waals surface area contributed by atoms with Crippen molar-refractivity contribution in [3.63, 3.8) is 0 Å². The molecule has 0 atom stereocenters. The molecule has 0 amide bonds. The Hall–Kier alpha value is -4.17. The summed E-state index contributed by atoms with van der Waals surface area (Å²) >= 11 is 2.92. The summed E-state index contributed by atoms with van der Waals surface area (Å²) < 4.78 is 96.7. The van der Waals surface area contributed by atoms with Crippen LogP contribution >= 0.6 is 15.9 Å². The maximum atomic E-state index is 12.0. The van der Waals surface area contributed by atoms with Gasteiger partial charge in [0.05, 0.1) is 40.4 Å². The van der Waals surface area contributed by atoms with Gasteiger partial charge in [-0.05, 0) is 93.1 Å². The lowest BCUT2D eigenvalue weighted by Crippen LogP contribution is -2.47. The smallest absolute Gasteiger partial charge is 0.407 e. The largest absolute Gasteiger partial charge is 0.516 e. The van der Waals surface area contributed by atoms with Gasteiger partial charge in [-0.2, -0.15) is 21.6 Å². The first-order chi connectivity index (χ1) is 30.5. The second-order valence-electron chi connectivity index (χ2n) is 19.0. The number of nitrogens with one attached hydrogen (secondary N) is 2. The first kappa shape index (κ1) is 61.9. The molecule has 0 saturated carbocycles. The molecule has 0 aliphatic carbocycles. The first-order valence-corrected chi connectivity index (χ1v) is 26.1. The fraction of sp³-hybridized carbons (Fsp3) is 0.510. The molecule has 0 spiro atoms. The van der Waals surface area contributed by atoms with Crippen molar-refractivity contribution in [2.24, 2.45) is 29.1 Å². The molecule has 1 heterocycles. The molecule has 0 unspecified atom stereocenters. The normalized spacial score (nSPS) is 13.7. The van der Waals surface area contributed by atoms with Crippen molar-refractivity contribution in [2.45, 2.75) is 89.6 Å². The van der Waals surface area contributed by atoms with Crippen LogP contribution in [0, 0.1) is 29.1 Å². The highest BCUT2D eigenvalue weighted by atomic mass is 79.9. The van der Waals surface area contributed by atoms with E-state index in [-0.39, 0.29) is 37.5 Å². The Morgan fingerprint density at radius 1 is 0.676 bits per heavy atom. The van der Waals surface area contributed by atoms with E-state index in [0.717, 1.165) is 66.1 Å². The van der Waals surface area contributed by atoms with Gasteiger partial charge in [-0.15, -0.1) is 0 Å². The number of nitrogens with two attached hydrogens (primary N) is 2. The monoisotopic (exact) mass is 1060 g/mol. The van der Waals surface area contributed by atoms with Crippen molar-refractivity contribution < 1.29 is 39.3 Å². The Kier molecular flexibility index (Phi) is 24.3. The Bertz CT molecular complexity index is 2380. The number of hydrogen-bond donors (Lipinski definition) is 4. The summed E-state index contributed by atoms with van der Waals surface area (Å²) in [4.78, 5) is 4.72. The van der Waals surface area contributed by atoms with E-state index in [4.69, 9.17) is 20.8 Å². The van der Waals surface area contributed by atoms with Crippen molar-refractivity contribution in [1.29, 1.82) is 0 Å². The predicted octanol–water partition coefficient (Wildman–Crippen LogP) is 11.6. The van der Waals surface area contributed by atoms with Gasteiger partial charge >= 0.3 is 22.7 Å². The highest BCUT2D eigenvalue weighted by molar-refractivity contribution is 9.10. The standard InChI is InChI=1S/C21H31N3O2S.C19H33BN2O2.C7H5BrF3NO2S.2CH4/c1-15(2)13-24(14-16(3)4)21-11-10-17(12-19(21)22)18-8-6-7-9-20(18)23-27(5,25)26;1-14(2)10-22(11-15(3)4)18-8-7-16(9-17(18)21)20-23-12-19(5,6)13-24-20;8-5-3-1-2-4-6(5)12-15(13,14)7(9,10)11;;/h6-12,15-16,23H,13-14,22H2,1-5H3;7-9,14-15H,10-13,21H2,1-6H3;1-4,12H;2*1H4. The second-order valence-corrected chi connectivity index (χ2v) is 23.3. The molecular weight excluding hydrogens is 980 g/mol. The molecule has 12 nitrogen and oxygen atoms in total. The number of benzene rings is 4. The molecule has 1 aliphatic heterocycles. The average molecular weight is 1060 g/mol. The second kappa shape index (κ2) is 26.7. The third kappa shape index (κ3) is 20.0. The molecule has 68 heavy (non-hydrogen) atoms. The molecule has 1 aliphatic rings. The van der Waals surface area contributed by atoms with Gasteiger partial charge in [0, 0.05) is 54.8 Å². The van der Waals surface area contributed by atoms with E-state index >= 15 is 0 Å². The minimum absolute atomic E-state index is 0. The van der Waals surface area contributed by atoms with Gasteiger partial charge in [-0.1, -0.05) is 127 Å². The number of anilines is 6. The number of sulfonamides is 2. The summed E-state index contributed by atoms with van der Waals surface area (Å²) in [6.45, 7) is 27.3. The zero-order valence-corrected chi connectivity index (χ0v) is 43.3. The van der Waals surface area contributed by atoms with Crippen molar-refractivity contribution in [1.82, 2.24) is 0 Å². The number of nitrogen functional groups attached to an aromatic ring is 2. The number of para-hydroxylation sites is 2. The van der Waals surface area contributed by atoms with Crippen molar-refractivity contribution in [2.75, 3.05) is 76.4 Å². The Balaban J connectivity index is 0.000000522. The molecular formula is C49H77BBrF3N6O6S2. The highest BCUT2D eigenvalue weighted by Gasteiger charge is 2.46. The number of hydrogen-bond acceptors (Lipinski definition) is 10. The van der Waals surface area contributed by atoms with Crippen LogP contribution in [-0.4, -0.2) is 75.1 Å². The molecule has 4 aromatic rings. The summed E-state index contributed by atoms with van der Waals surface area (Å²) in [5.41, 5.74) is 14.3. The van der Waals surface area contributed by atoms with E-state index in [2.05, 4.69) is 112 Å². The molecule has 4 aromatic carbocycles. The summed E-state index contributed by atoms with van der Waals surface area (Å²) in [5, 5.41) is 0. The Labute approximate surface area is 415 Å². The number of halogens is 4. The van der Waals surface area contributed by atoms with Gasteiger partial charge in [0.15, 0.2) is 0 Å². The average Bonchev–Trinajstić information content (AvgIpc) is 3.17. The zero-order chi connectivity index (χ0) is 49.8. The van der Waals surface area contributed by atoms with E-state index in [1.165, 1.54) is 22.9 Å².